The van der Waals surface area contributed by atoms with Gasteiger partial charge in [-0.3, -0.25) is 0 Å². The molecule has 0 spiro atoms. The molecule has 2 rings (SSSR count). The van der Waals surface area contributed by atoms with E-state index in [-0.39, 0.29) is 0 Å². The van der Waals surface area contributed by atoms with Crippen LogP contribution in [0.4, 0.5) is 5.69 Å². The van der Waals surface area contributed by atoms with Gasteiger partial charge in [0.15, 0.2) is 0 Å². The van der Waals surface area contributed by atoms with Crippen LogP contribution in [0.15, 0.2) is 30.6 Å². The molecule has 1 heterocycles. The number of hydrogen-bond donors (Lipinski definition) is 0. The molecule has 0 atom stereocenters. The van der Waals surface area contributed by atoms with Crippen molar-refractivity contribution in [1.82, 2.24) is 4.90 Å². The molecular formula is C21H34N2. The van der Waals surface area contributed by atoms with E-state index in [1.165, 1.54) is 49.0 Å². The van der Waals surface area contributed by atoms with Gasteiger partial charge in [0.05, 0.1) is 6.67 Å². The molecular weight excluding hydrogens is 280 g/mol. The van der Waals surface area contributed by atoms with Gasteiger partial charge >= 0.3 is 0 Å². The van der Waals surface area contributed by atoms with Gasteiger partial charge in [-0.1, -0.05) is 72.1 Å². The van der Waals surface area contributed by atoms with Gasteiger partial charge in [-0.2, -0.15) is 0 Å². The number of rotatable bonds is 8. The van der Waals surface area contributed by atoms with Gasteiger partial charge < -0.3 is 9.80 Å². The average Bonchev–Trinajstić information content (AvgIpc) is 2.99. The summed E-state index contributed by atoms with van der Waals surface area (Å²) in [5.74, 6) is 1.10. The van der Waals surface area contributed by atoms with Crippen molar-refractivity contribution in [1.29, 1.82) is 0 Å². The van der Waals surface area contributed by atoms with Crippen LogP contribution in [0.25, 0.3) is 0 Å². The van der Waals surface area contributed by atoms with Crippen LogP contribution in [0.5, 0.6) is 0 Å². The summed E-state index contributed by atoms with van der Waals surface area (Å²) in [7, 11) is 0. The summed E-state index contributed by atoms with van der Waals surface area (Å²) < 4.78 is 0. The Balaban J connectivity index is 2.12. The van der Waals surface area contributed by atoms with Crippen molar-refractivity contribution in [2.75, 3.05) is 18.1 Å². The van der Waals surface area contributed by atoms with Crippen molar-refractivity contribution in [2.24, 2.45) is 0 Å². The van der Waals surface area contributed by atoms with Gasteiger partial charge in [0.25, 0.3) is 0 Å². The maximum Gasteiger partial charge on any atom is 0.0942 e. The normalized spacial score (nSPS) is 14.6. The van der Waals surface area contributed by atoms with E-state index in [2.05, 4.69) is 75.0 Å². The number of nitrogens with zero attached hydrogens (tertiary/aromatic N) is 2. The van der Waals surface area contributed by atoms with Crippen molar-refractivity contribution in [2.45, 2.75) is 72.1 Å². The van der Waals surface area contributed by atoms with Gasteiger partial charge in [0.1, 0.15) is 0 Å². The fourth-order valence-electron chi connectivity index (χ4n) is 3.34. The Morgan fingerprint density at radius 1 is 0.913 bits per heavy atom. The lowest BCUT2D eigenvalue weighted by molar-refractivity contribution is 0.389. The summed E-state index contributed by atoms with van der Waals surface area (Å²) in [6.45, 7) is 13.6. The molecule has 0 fully saturated rings. The van der Waals surface area contributed by atoms with Crippen LogP contribution in [0.3, 0.4) is 0 Å². The van der Waals surface area contributed by atoms with Crippen LogP contribution in [-0.2, 0) is 0 Å². The molecule has 1 aliphatic rings. The lowest BCUT2D eigenvalue weighted by Crippen LogP contribution is -2.27. The summed E-state index contributed by atoms with van der Waals surface area (Å²) in [6.07, 6.45) is 9.85. The smallest absolute Gasteiger partial charge is 0.0942 e. The predicted octanol–water partition coefficient (Wildman–Crippen LogP) is 6.06. The fourth-order valence-corrected chi connectivity index (χ4v) is 3.34. The van der Waals surface area contributed by atoms with Crippen LogP contribution < -0.4 is 4.90 Å². The second-order valence-corrected chi connectivity index (χ2v) is 7.38. The zero-order valence-electron chi connectivity index (χ0n) is 15.7. The Bertz CT molecular complexity index is 490. The van der Waals surface area contributed by atoms with E-state index in [1.807, 2.05) is 0 Å². The van der Waals surface area contributed by atoms with E-state index >= 15 is 0 Å². The molecule has 0 radical (unpaired) electrons. The molecule has 0 saturated carbocycles. The van der Waals surface area contributed by atoms with Crippen LogP contribution in [0.1, 0.15) is 83.3 Å². The maximum atomic E-state index is 2.46. The number of benzene rings is 1. The lowest BCUT2D eigenvalue weighted by Gasteiger charge is -2.28. The SMILES string of the molecule is CCCCCCN1C=CN(c2c(C(C)C)cccc2C(C)C)C1. The van der Waals surface area contributed by atoms with Crippen molar-refractivity contribution in [3.05, 3.63) is 41.7 Å². The molecule has 0 saturated heterocycles. The highest BCUT2D eigenvalue weighted by atomic mass is 15.3. The minimum Gasteiger partial charge on any atom is -0.358 e. The molecule has 1 aromatic rings. The number of para-hydroxylation sites is 1. The highest BCUT2D eigenvalue weighted by Gasteiger charge is 2.21. The molecule has 23 heavy (non-hydrogen) atoms. The molecule has 1 aliphatic heterocycles. The second kappa shape index (κ2) is 8.42. The van der Waals surface area contributed by atoms with E-state index < -0.39 is 0 Å². The van der Waals surface area contributed by atoms with Crippen LogP contribution >= 0.6 is 0 Å². The van der Waals surface area contributed by atoms with Gasteiger partial charge in [-0.05, 0) is 29.4 Å². The zero-order chi connectivity index (χ0) is 16.8. The van der Waals surface area contributed by atoms with E-state index in [0.29, 0.717) is 11.8 Å². The van der Waals surface area contributed by atoms with Gasteiger partial charge in [-0.25, -0.2) is 0 Å². The number of hydrogen-bond acceptors (Lipinski definition) is 2. The molecule has 1 aromatic carbocycles. The Kier molecular flexibility index (Phi) is 6.56. The predicted molar refractivity (Wildman–Crippen MR) is 102 cm³/mol. The number of unbranched alkanes of at least 4 members (excludes halogenated alkanes) is 3. The van der Waals surface area contributed by atoms with Crippen LogP contribution in [-0.4, -0.2) is 18.1 Å². The molecule has 2 nitrogen and oxygen atoms in total. The molecule has 0 aromatic heterocycles. The highest BCUT2D eigenvalue weighted by Crippen LogP contribution is 2.36. The second-order valence-electron chi connectivity index (χ2n) is 7.38. The van der Waals surface area contributed by atoms with E-state index in [4.69, 9.17) is 0 Å². The molecule has 0 aliphatic carbocycles. The largest absolute Gasteiger partial charge is 0.358 e. The van der Waals surface area contributed by atoms with E-state index in [0.717, 1.165) is 6.67 Å². The van der Waals surface area contributed by atoms with Crippen molar-refractivity contribution >= 4 is 5.69 Å². The first-order valence-electron chi connectivity index (χ1n) is 9.36. The molecule has 0 unspecified atom stereocenters. The lowest BCUT2D eigenvalue weighted by atomic mass is 9.92. The van der Waals surface area contributed by atoms with Crippen molar-refractivity contribution in [3.63, 3.8) is 0 Å². The summed E-state index contributed by atoms with van der Waals surface area (Å²) in [6, 6.07) is 6.81. The third kappa shape index (κ3) is 4.53. The molecule has 0 amide bonds. The standard InChI is InChI=1S/C21H34N2/c1-6-7-8-9-13-22-14-15-23(16-22)21-19(17(2)3)11-10-12-20(21)18(4)5/h10-12,14-15,17-18H,6-9,13,16H2,1-5H3. The summed E-state index contributed by atoms with van der Waals surface area (Å²) in [5, 5.41) is 0. The maximum absolute atomic E-state index is 2.46. The summed E-state index contributed by atoms with van der Waals surface area (Å²) in [5.41, 5.74) is 4.37. The van der Waals surface area contributed by atoms with E-state index in [9.17, 15) is 0 Å². The van der Waals surface area contributed by atoms with Crippen LogP contribution in [0, 0.1) is 0 Å². The summed E-state index contributed by atoms with van der Waals surface area (Å²) in [4.78, 5) is 4.90. The minimum absolute atomic E-state index is 0.552. The number of anilines is 1. The minimum atomic E-state index is 0.552. The Labute approximate surface area is 143 Å². The average molecular weight is 315 g/mol. The molecule has 2 heteroatoms. The first-order valence-corrected chi connectivity index (χ1v) is 9.36. The fraction of sp³-hybridized carbons (Fsp3) is 0.619. The first kappa shape index (κ1) is 17.9. The van der Waals surface area contributed by atoms with Gasteiger partial charge in [0.2, 0.25) is 0 Å². The zero-order valence-corrected chi connectivity index (χ0v) is 15.7. The van der Waals surface area contributed by atoms with Crippen molar-refractivity contribution < 1.29 is 0 Å². The molecule has 0 N–H and O–H groups in total. The van der Waals surface area contributed by atoms with Crippen molar-refractivity contribution in [3.8, 4) is 0 Å². The van der Waals surface area contributed by atoms with Gasteiger partial charge in [0, 0.05) is 24.6 Å². The third-order valence-corrected chi connectivity index (χ3v) is 4.72. The summed E-state index contributed by atoms with van der Waals surface area (Å²) >= 11 is 0. The Morgan fingerprint density at radius 3 is 2.13 bits per heavy atom. The molecule has 128 valence electrons. The monoisotopic (exact) mass is 314 g/mol. The topological polar surface area (TPSA) is 6.48 Å². The molecule has 0 bridgehead atoms. The Morgan fingerprint density at radius 2 is 1.57 bits per heavy atom. The third-order valence-electron chi connectivity index (χ3n) is 4.72. The highest BCUT2D eigenvalue weighted by molar-refractivity contribution is 5.64. The van der Waals surface area contributed by atoms with Gasteiger partial charge in [-0.15, -0.1) is 0 Å². The Hall–Kier alpha value is -1.44. The quantitative estimate of drug-likeness (QED) is 0.538. The van der Waals surface area contributed by atoms with Crippen LogP contribution in [0.2, 0.25) is 0 Å². The first-order chi connectivity index (χ1) is 11.0. The van der Waals surface area contributed by atoms with E-state index in [1.54, 1.807) is 0 Å².